The monoisotopic (exact) mass is 812 g/mol. The number of phosphoric acid groups is 1. The van der Waals surface area contributed by atoms with Crippen LogP contribution in [0.15, 0.2) is 48.6 Å². The highest BCUT2D eigenvalue weighted by atomic mass is 31.2. The van der Waals surface area contributed by atoms with E-state index in [1.165, 1.54) is 38.5 Å². The molecule has 0 heterocycles. The number of amides is 1. The number of nitrogens with one attached hydrogen (secondary N) is 1. The second kappa shape index (κ2) is 39.3. The summed E-state index contributed by atoms with van der Waals surface area (Å²) in [5.74, 6) is -2.40. The molecule has 11 nitrogen and oxygen atoms in total. The highest BCUT2D eigenvalue weighted by Gasteiger charge is 2.28. The Morgan fingerprint density at radius 2 is 1.04 bits per heavy atom. The highest BCUT2D eigenvalue weighted by Crippen LogP contribution is 2.43. The molecule has 3 atom stereocenters. The van der Waals surface area contributed by atoms with E-state index in [0.717, 1.165) is 103 Å². The maximum Gasteiger partial charge on any atom is 0.472 e. The van der Waals surface area contributed by atoms with Crippen molar-refractivity contribution in [1.82, 2.24) is 5.32 Å². The summed E-state index contributed by atoms with van der Waals surface area (Å²) >= 11 is 0. The number of ether oxygens (including phenoxy) is 1. The molecule has 0 aliphatic rings. The third-order valence-corrected chi connectivity index (χ3v) is 10.1. The van der Waals surface area contributed by atoms with Crippen LogP contribution in [0.3, 0.4) is 0 Å². The lowest BCUT2D eigenvalue weighted by Gasteiger charge is -2.18. The smallest absolute Gasteiger partial charge is 0.472 e. The van der Waals surface area contributed by atoms with Gasteiger partial charge in [0.1, 0.15) is 12.7 Å². The minimum Gasteiger partial charge on any atom is -0.480 e. The third-order valence-electron chi connectivity index (χ3n) is 9.10. The summed E-state index contributed by atoms with van der Waals surface area (Å²) < 4.78 is 26.8. The summed E-state index contributed by atoms with van der Waals surface area (Å²) in [7, 11) is -4.76. The molecule has 1 amide bonds. The van der Waals surface area contributed by atoms with E-state index in [1.807, 2.05) is 0 Å². The van der Waals surface area contributed by atoms with Crippen LogP contribution in [-0.2, 0) is 32.7 Å². The predicted octanol–water partition coefficient (Wildman–Crippen LogP) is 11.0. The van der Waals surface area contributed by atoms with Crippen molar-refractivity contribution in [3.05, 3.63) is 48.6 Å². The molecule has 0 aromatic heterocycles. The zero-order chi connectivity index (χ0) is 41.4. The van der Waals surface area contributed by atoms with Gasteiger partial charge in [0.2, 0.25) is 5.91 Å². The molecule has 3 unspecified atom stereocenters. The van der Waals surface area contributed by atoms with Gasteiger partial charge in [0.15, 0.2) is 6.04 Å². The average molecular weight is 812 g/mol. The van der Waals surface area contributed by atoms with Gasteiger partial charge in [0.05, 0.1) is 13.2 Å². The number of aliphatic carboxylic acids is 1. The number of aliphatic hydroxyl groups excluding tert-OH is 1. The number of aliphatic hydroxyl groups is 1. The van der Waals surface area contributed by atoms with E-state index in [4.69, 9.17) is 13.8 Å². The second-order valence-electron chi connectivity index (χ2n) is 14.5. The normalized spacial score (nSPS) is 14.2. The van der Waals surface area contributed by atoms with Gasteiger partial charge in [-0.05, 0) is 70.6 Å². The van der Waals surface area contributed by atoms with Crippen molar-refractivity contribution in [3.8, 4) is 0 Å². The van der Waals surface area contributed by atoms with E-state index < -0.39 is 57.6 Å². The number of carboxylic acids is 1. The van der Waals surface area contributed by atoms with Crippen LogP contribution in [0.1, 0.15) is 181 Å². The number of carboxylic acid groups (broad SMARTS) is 1. The van der Waals surface area contributed by atoms with Crippen molar-refractivity contribution < 1.29 is 47.8 Å². The fraction of sp³-hybridized carbons (Fsp3) is 0.750. The zero-order valence-corrected chi connectivity index (χ0v) is 35.8. The van der Waals surface area contributed by atoms with Crippen LogP contribution in [0.25, 0.3) is 0 Å². The third kappa shape index (κ3) is 38.3. The molecule has 0 saturated heterocycles. The molecule has 4 N–H and O–H groups in total. The van der Waals surface area contributed by atoms with E-state index in [-0.39, 0.29) is 12.8 Å². The average Bonchev–Trinajstić information content (AvgIpc) is 3.17. The minimum absolute atomic E-state index is 0.132. The Bertz CT molecular complexity index is 1140. The lowest BCUT2D eigenvalue weighted by molar-refractivity contribution is -0.147. The number of esters is 1. The topological polar surface area (TPSA) is 169 Å². The van der Waals surface area contributed by atoms with Crippen molar-refractivity contribution >= 4 is 25.7 Å². The molecule has 56 heavy (non-hydrogen) atoms. The van der Waals surface area contributed by atoms with E-state index in [1.54, 1.807) is 0 Å². The Balaban J connectivity index is 3.94. The predicted molar refractivity (Wildman–Crippen MR) is 226 cm³/mol. The minimum atomic E-state index is -4.76. The maximum atomic E-state index is 12.3. The number of rotatable bonds is 40. The molecule has 0 aromatic rings. The highest BCUT2D eigenvalue weighted by molar-refractivity contribution is 7.47. The van der Waals surface area contributed by atoms with E-state index >= 15 is 0 Å². The van der Waals surface area contributed by atoms with Crippen LogP contribution in [0, 0.1) is 0 Å². The summed E-state index contributed by atoms with van der Waals surface area (Å²) in [5, 5.41) is 21.8. The summed E-state index contributed by atoms with van der Waals surface area (Å²) in [6, 6.07) is -1.55. The Labute approximate surface area is 339 Å². The van der Waals surface area contributed by atoms with Crippen LogP contribution in [0.5, 0.6) is 0 Å². The fourth-order valence-electron chi connectivity index (χ4n) is 5.74. The lowest BCUT2D eigenvalue weighted by atomic mass is 10.1. The van der Waals surface area contributed by atoms with Gasteiger partial charge in [-0.3, -0.25) is 18.6 Å². The molecule has 0 radical (unpaired) electrons. The van der Waals surface area contributed by atoms with E-state index in [9.17, 15) is 34.1 Å². The molecule has 0 aliphatic carbocycles. The molecule has 0 fully saturated rings. The first-order valence-electron chi connectivity index (χ1n) is 21.7. The Morgan fingerprint density at radius 3 is 1.57 bits per heavy atom. The molecule has 0 bridgehead atoms. The Morgan fingerprint density at radius 1 is 0.589 bits per heavy atom. The van der Waals surface area contributed by atoms with E-state index in [0.29, 0.717) is 12.8 Å². The first-order valence-corrected chi connectivity index (χ1v) is 23.2. The quantitative estimate of drug-likeness (QED) is 0.0202. The van der Waals surface area contributed by atoms with Crippen molar-refractivity contribution in [2.45, 2.75) is 193 Å². The van der Waals surface area contributed by atoms with Crippen LogP contribution < -0.4 is 5.32 Å². The summed E-state index contributed by atoms with van der Waals surface area (Å²) in [5.41, 5.74) is 0. The van der Waals surface area contributed by atoms with Crippen molar-refractivity contribution in [1.29, 1.82) is 0 Å². The molecular formula is C44H78NO10P. The van der Waals surface area contributed by atoms with Gasteiger partial charge in [0.25, 0.3) is 0 Å². The molecule has 0 spiro atoms. The Kier molecular flexibility index (Phi) is 37.5. The van der Waals surface area contributed by atoms with Gasteiger partial charge in [-0.2, -0.15) is 0 Å². The van der Waals surface area contributed by atoms with Crippen LogP contribution in [0.2, 0.25) is 0 Å². The maximum absolute atomic E-state index is 12.3. The van der Waals surface area contributed by atoms with Gasteiger partial charge in [0, 0.05) is 12.8 Å². The molecule has 0 rings (SSSR count). The van der Waals surface area contributed by atoms with Gasteiger partial charge in [-0.15, -0.1) is 0 Å². The van der Waals surface area contributed by atoms with Gasteiger partial charge >= 0.3 is 19.8 Å². The number of carbonyl (C=O) groups excluding carboxylic acids is 2. The zero-order valence-electron chi connectivity index (χ0n) is 34.9. The van der Waals surface area contributed by atoms with E-state index in [2.05, 4.69) is 67.8 Å². The number of allylic oxidation sites excluding steroid dienone is 8. The molecular weight excluding hydrogens is 733 g/mol. The van der Waals surface area contributed by atoms with Crippen LogP contribution in [-0.4, -0.2) is 64.9 Å². The first-order chi connectivity index (χ1) is 27.1. The number of phosphoric ester groups is 1. The first kappa shape index (κ1) is 53.4. The van der Waals surface area contributed by atoms with Gasteiger partial charge in [-0.1, -0.05) is 146 Å². The molecule has 12 heteroatoms. The Hall–Kier alpha value is -2.56. The lowest BCUT2D eigenvalue weighted by Crippen LogP contribution is -2.43. The number of carbonyl (C=O) groups is 3. The standard InChI is InChI=1S/C44H78NO10P/c1-3-5-7-9-11-13-15-17-19-20-22-23-25-27-29-31-33-35-42(47)45-41(44(49)50)39-55-56(51,52)54-38-40(46)37-53-43(48)36-34-32-30-28-26-24-21-18-16-14-12-10-8-6-4-2/h5,7,11,13,17-19,21,40-41,46H,3-4,6,8-10,12,14-16,20,22-39H2,1-2H3,(H,45,47)(H,49,50)(H,51,52)/b7-5-,13-11-,19-17-,21-18-. The number of hydrogen-bond acceptors (Lipinski definition) is 8. The van der Waals surface area contributed by atoms with Gasteiger partial charge < -0.3 is 25.2 Å². The molecule has 0 saturated carbocycles. The summed E-state index contributed by atoms with van der Waals surface area (Å²) in [6.07, 6.45) is 42.7. The van der Waals surface area contributed by atoms with Crippen LogP contribution >= 0.6 is 7.82 Å². The number of unbranched alkanes of at least 4 members (excludes halogenated alkanes) is 18. The van der Waals surface area contributed by atoms with Crippen molar-refractivity contribution in [2.75, 3.05) is 19.8 Å². The van der Waals surface area contributed by atoms with Gasteiger partial charge in [-0.25, -0.2) is 9.36 Å². The summed E-state index contributed by atoms with van der Waals surface area (Å²) in [6.45, 7) is 2.46. The van der Waals surface area contributed by atoms with Crippen LogP contribution in [0.4, 0.5) is 0 Å². The second-order valence-corrected chi connectivity index (χ2v) is 16.0. The molecule has 0 aromatic carbocycles. The number of hydrogen-bond donors (Lipinski definition) is 4. The van der Waals surface area contributed by atoms with Crippen molar-refractivity contribution in [3.63, 3.8) is 0 Å². The summed E-state index contributed by atoms with van der Waals surface area (Å²) in [4.78, 5) is 45.9. The van der Waals surface area contributed by atoms with Crippen molar-refractivity contribution in [2.24, 2.45) is 0 Å². The fourth-order valence-corrected chi connectivity index (χ4v) is 6.51. The molecule has 0 aliphatic heterocycles. The largest absolute Gasteiger partial charge is 0.480 e. The SMILES string of the molecule is CC/C=C\C/C=C\C/C=C\CCCCCCCCCC(=O)NC(COP(=O)(O)OCC(O)COC(=O)CCCCCCC/C=C\CCCCCCCC)C(=O)O. The molecule has 324 valence electrons.